The molecular formula is C25H31NO3S. The maximum atomic E-state index is 13.2. The molecule has 160 valence electrons. The molecule has 2 aromatic rings. The lowest BCUT2D eigenvalue weighted by Crippen LogP contribution is -2.35. The molecular weight excluding hydrogens is 394 g/mol. The zero-order valence-electron chi connectivity index (χ0n) is 18.9. The Kier molecular flexibility index (Phi) is 6.08. The molecule has 30 heavy (non-hydrogen) atoms. The molecule has 0 aromatic heterocycles. The number of phenols is 1. The van der Waals surface area contributed by atoms with Gasteiger partial charge in [-0.25, -0.2) is 0 Å². The molecule has 0 unspecified atom stereocenters. The predicted molar refractivity (Wildman–Crippen MR) is 125 cm³/mol. The molecule has 0 aliphatic carbocycles. The fraction of sp³-hybridized carbons (Fsp3) is 0.400. The Morgan fingerprint density at radius 2 is 1.60 bits per heavy atom. The van der Waals surface area contributed by atoms with Crippen LogP contribution in [0.1, 0.15) is 58.2 Å². The third-order valence-electron chi connectivity index (χ3n) is 5.14. The average Bonchev–Trinajstić information content (AvgIpc) is 2.64. The van der Waals surface area contributed by atoms with Crippen molar-refractivity contribution in [3.8, 4) is 5.75 Å². The number of ether oxygens (including phenoxy) is 1. The first-order valence-corrected chi connectivity index (χ1v) is 10.9. The Balaban J connectivity index is 2.16. The molecule has 0 saturated heterocycles. The number of carbonyl (C=O) groups excluding carboxylic acids is 1. The van der Waals surface area contributed by atoms with Crippen LogP contribution in [0.5, 0.6) is 5.75 Å². The number of nitrogens with zero attached hydrogens (tertiary/aromatic N) is 1. The van der Waals surface area contributed by atoms with Crippen LogP contribution in [0.2, 0.25) is 0 Å². The number of rotatable bonds is 3. The second kappa shape index (κ2) is 8.12. The van der Waals surface area contributed by atoms with Crippen molar-refractivity contribution in [3.63, 3.8) is 0 Å². The summed E-state index contributed by atoms with van der Waals surface area (Å²) in [5.41, 5.74) is 3.08. The van der Waals surface area contributed by atoms with Crippen LogP contribution in [-0.4, -0.2) is 24.9 Å². The van der Waals surface area contributed by atoms with Crippen LogP contribution >= 0.6 is 11.8 Å². The van der Waals surface area contributed by atoms with E-state index in [1.54, 1.807) is 12.0 Å². The summed E-state index contributed by atoms with van der Waals surface area (Å²) < 4.78 is 5.29. The Morgan fingerprint density at radius 3 is 2.13 bits per heavy atom. The third kappa shape index (κ3) is 4.42. The molecule has 0 bridgehead atoms. The van der Waals surface area contributed by atoms with Gasteiger partial charge in [0.1, 0.15) is 12.5 Å². The standard InChI is InChI=1S/C25H31NO3S/c1-24(2,3)17-12-16(13-18(22(17)27)25(4,5)6)14-21-23(28)26(15-29-7)19-10-8-9-11-20(19)30-21/h8-14,27H,15H2,1-7H3. The van der Waals surface area contributed by atoms with Gasteiger partial charge in [0.15, 0.2) is 0 Å². The van der Waals surface area contributed by atoms with Crippen LogP contribution in [0, 0.1) is 0 Å². The van der Waals surface area contributed by atoms with Crippen LogP contribution in [0.3, 0.4) is 0 Å². The smallest absolute Gasteiger partial charge is 0.266 e. The summed E-state index contributed by atoms with van der Waals surface area (Å²) in [6, 6.07) is 11.8. The molecule has 3 rings (SSSR count). The van der Waals surface area contributed by atoms with E-state index in [-0.39, 0.29) is 23.5 Å². The lowest BCUT2D eigenvalue weighted by molar-refractivity contribution is -0.115. The number of carbonyl (C=O) groups is 1. The highest BCUT2D eigenvalue weighted by molar-refractivity contribution is 8.04. The molecule has 1 heterocycles. The molecule has 0 saturated carbocycles. The van der Waals surface area contributed by atoms with E-state index in [0.29, 0.717) is 10.7 Å². The monoisotopic (exact) mass is 425 g/mol. The summed E-state index contributed by atoms with van der Waals surface area (Å²) >= 11 is 1.47. The number of phenolic OH excluding ortho intramolecular Hbond substituents is 1. The first-order chi connectivity index (χ1) is 13.9. The van der Waals surface area contributed by atoms with E-state index in [0.717, 1.165) is 27.3 Å². The second-order valence-electron chi connectivity index (χ2n) is 9.69. The van der Waals surface area contributed by atoms with Gasteiger partial charge in [0.25, 0.3) is 5.91 Å². The zero-order valence-corrected chi connectivity index (χ0v) is 19.7. The van der Waals surface area contributed by atoms with Crippen molar-refractivity contribution in [3.05, 3.63) is 58.0 Å². The molecule has 1 N–H and O–H groups in total. The first kappa shape index (κ1) is 22.4. The van der Waals surface area contributed by atoms with Gasteiger partial charge in [-0.1, -0.05) is 65.4 Å². The predicted octanol–water partition coefficient (Wildman–Crippen LogP) is 6.07. The number of thioether (sulfide) groups is 1. The number of benzene rings is 2. The van der Waals surface area contributed by atoms with E-state index in [9.17, 15) is 9.90 Å². The van der Waals surface area contributed by atoms with Gasteiger partial charge >= 0.3 is 0 Å². The number of hydrogen-bond donors (Lipinski definition) is 1. The molecule has 0 radical (unpaired) electrons. The van der Waals surface area contributed by atoms with Gasteiger partial charge in [-0.05, 0) is 46.7 Å². The van der Waals surface area contributed by atoms with Crippen molar-refractivity contribution < 1.29 is 14.6 Å². The van der Waals surface area contributed by atoms with Gasteiger partial charge in [0.2, 0.25) is 0 Å². The fourth-order valence-electron chi connectivity index (χ4n) is 3.55. The van der Waals surface area contributed by atoms with Crippen molar-refractivity contribution in [2.45, 2.75) is 57.3 Å². The van der Waals surface area contributed by atoms with E-state index < -0.39 is 0 Å². The fourth-order valence-corrected chi connectivity index (χ4v) is 4.61. The van der Waals surface area contributed by atoms with E-state index in [2.05, 4.69) is 41.5 Å². The van der Waals surface area contributed by atoms with Crippen molar-refractivity contribution in [2.24, 2.45) is 0 Å². The molecule has 0 atom stereocenters. The SMILES string of the molecule is COCN1C(=O)C(=Cc2cc(C(C)(C)C)c(O)c(C(C)(C)C)c2)Sc2ccccc21. The summed E-state index contributed by atoms with van der Waals surface area (Å²) in [5, 5.41) is 11.0. The summed E-state index contributed by atoms with van der Waals surface area (Å²) in [7, 11) is 1.59. The van der Waals surface area contributed by atoms with Crippen LogP contribution in [0.4, 0.5) is 5.69 Å². The number of methoxy groups -OCH3 is 1. The van der Waals surface area contributed by atoms with E-state index in [1.165, 1.54) is 11.8 Å². The van der Waals surface area contributed by atoms with Gasteiger partial charge in [-0.15, -0.1) is 0 Å². The highest BCUT2D eigenvalue weighted by Crippen LogP contribution is 2.44. The topological polar surface area (TPSA) is 49.8 Å². The Bertz CT molecular complexity index is 961. The summed E-state index contributed by atoms with van der Waals surface area (Å²) in [6.07, 6.45) is 1.93. The van der Waals surface area contributed by atoms with Crippen LogP contribution < -0.4 is 4.90 Å². The molecule has 0 spiro atoms. The molecule has 1 amide bonds. The maximum absolute atomic E-state index is 13.2. The minimum absolute atomic E-state index is 0.0803. The number of fused-ring (bicyclic) bond motifs is 1. The van der Waals surface area contributed by atoms with Gasteiger partial charge in [-0.3, -0.25) is 9.69 Å². The Hall–Kier alpha value is -2.24. The average molecular weight is 426 g/mol. The lowest BCUT2D eigenvalue weighted by Gasteiger charge is -2.30. The number of aromatic hydroxyl groups is 1. The molecule has 4 nitrogen and oxygen atoms in total. The largest absolute Gasteiger partial charge is 0.507 e. The van der Waals surface area contributed by atoms with Crippen molar-refractivity contribution in [1.29, 1.82) is 0 Å². The summed E-state index contributed by atoms with van der Waals surface area (Å²) in [4.78, 5) is 16.5. The van der Waals surface area contributed by atoms with E-state index in [4.69, 9.17) is 4.74 Å². The molecule has 1 aliphatic rings. The minimum Gasteiger partial charge on any atom is -0.507 e. The van der Waals surface area contributed by atoms with E-state index >= 15 is 0 Å². The highest BCUT2D eigenvalue weighted by Gasteiger charge is 2.30. The second-order valence-corrected chi connectivity index (χ2v) is 10.8. The quantitative estimate of drug-likeness (QED) is 0.606. The van der Waals surface area contributed by atoms with Gasteiger partial charge in [0.05, 0.1) is 10.6 Å². The van der Waals surface area contributed by atoms with Gasteiger partial charge in [0, 0.05) is 23.1 Å². The van der Waals surface area contributed by atoms with Crippen molar-refractivity contribution in [2.75, 3.05) is 18.7 Å². The number of hydrogen-bond acceptors (Lipinski definition) is 4. The minimum atomic E-state index is -0.225. The van der Waals surface area contributed by atoms with Crippen molar-refractivity contribution >= 4 is 29.4 Å². The third-order valence-corrected chi connectivity index (χ3v) is 6.21. The highest BCUT2D eigenvalue weighted by atomic mass is 32.2. The maximum Gasteiger partial charge on any atom is 0.266 e. The molecule has 1 aliphatic heterocycles. The number of amides is 1. The van der Waals surface area contributed by atoms with Crippen molar-refractivity contribution in [1.82, 2.24) is 0 Å². The Labute approximate surface area is 183 Å². The zero-order chi connectivity index (χ0) is 22.3. The van der Waals surface area contributed by atoms with Crippen LogP contribution in [0.15, 0.2) is 46.2 Å². The van der Waals surface area contributed by atoms with Gasteiger partial charge in [-0.2, -0.15) is 0 Å². The molecule has 5 heteroatoms. The van der Waals surface area contributed by atoms with Crippen LogP contribution in [0.25, 0.3) is 6.08 Å². The molecule has 0 fully saturated rings. The summed E-state index contributed by atoms with van der Waals surface area (Å²) in [5.74, 6) is 0.259. The normalized spacial score (nSPS) is 16.2. The first-order valence-electron chi connectivity index (χ1n) is 10.1. The lowest BCUT2D eigenvalue weighted by atomic mass is 9.78. The van der Waals surface area contributed by atoms with Gasteiger partial charge < -0.3 is 9.84 Å². The number of anilines is 1. The van der Waals surface area contributed by atoms with E-state index in [1.807, 2.05) is 42.5 Å². The number of para-hydroxylation sites is 1. The summed E-state index contributed by atoms with van der Waals surface area (Å²) in [6.45, 7) is 12.7. The van der Waals surface area contributed by atoms with Crippen LogP contribution in [-0.2, 0) is 20.4 Å². The molecule has 2 aromatic carbocycles. The Morgan fingerprint density at radius 1 is 1.03 bits per heavy atom.